The van der Waals surface area contributed by atoms with Gasteiger partial charge in [-0.25, -0.2) is 4.89 Å². The van der Waals surface area contributed by atoms with Crippen LogP contribution in [0, 0.1) is 0 Å². The van der Waals surface area contributed by atoms with E-state index < -0.39 is 22.2 Å². The lowest BCUT2D eigenvalue weighted by molar-refractivity contribution is -0.222. The zero-order chi connectivity index (χ0) is 14.8. The maximum absolute atomic E-state index is 11.8. The Morgan fingerprint density at radius 1 is 0.895 bits per heavy atom. The predicted molar refractivity (Wildman–Crippen MR) is 55.5 cm³/mol. The highest BCUT2D eigenvalue weighted by molar-refractivity contribution is 7.87. The molecule has 0 bridgehead atoms. The van der Waals surface area contributed by atoms with Crippen LogP contribution in [0.1, 0.15) is 0 Å². The van der Waals surface area contributed by atoms with Crippen molar-refractivity contribution in [3.8, 4) is 0 Å². The summed E-state index contributed by atoms with van der Waals surface area (Å²) >= 11 is 0. The van der Waals surface area contributed by atoms with E-state index in [2.05, 4.69) is 9.22 Å². The van der Waals surface area contributed by atoms with E-state index in [1.54, 1.807) is 0 Å². The average Bonchev–Trinajstić information content (AvgIpc) is 2.30. The van der Waals surface area contributed by atoms with Crippen LogP contribution in [0.4, 0.5) is 13.2 Å². The van der Waals surface area contributed by atoms with Crippen LogP contribution < -0.4 is 0 Å². The fraction of sp³-hybridized carbons (Fsp3) is 1.00. The summed E-state index contributed by atoms with van der Waals surface area (Å²) < 4.78 is 73.8. The lowest BCUT2D eigenvalue weighted by Gasteiger charge is -2.08. The molecule has 0 aromatic heterocycles. The van der Waals surface area contributed by atoms with E-state index in [1.807, 2.05) is 0 Å². The number of alkyl halides is 3. The van der Waals surface area contributed by atoms with Gasteiger partial charge in [-0.05, 0) is 0 Å². The Hall–Kier alpha value is -0.460. The quantitative estimate of drug-likeness (QED) is 0.237. The summed E-state index contributed by atoms with van der Waals surface area (Å²) in [6, 6.07) is 0. The topological polar surface area (TPSA) is 80.3 Å². The molecule has 0 heterocycles. The standard InChI is InChI=1S/C8H15F3O7S/c1-14-2-3-15-4-5-16-6-7-17-18-19(12,13)8(9,10)11/h2-7H2,1H3. The highest BCUT2D eigenvalue weighted by Crippen LogP contribution is 2.24. The molecule has 0 aliphatic rings. The van der Waals surface area contributed by atoms with E-state index in [4.69, 9.17) is 14.2 Å². The first-order chi connectivity index (χ1) is 8.81. The third-order valence-electron chi connectivity index (χ3n) is 1.54. The molecule has 0 aliphatic carbocycles. The van der Waals surface area contributed by atoms with Gasteiger partial charge in [0.15, 0.2) is 0 Å². The van der Waals surface area contributed by atoms with Gasteiger partial charge >= 0.3 is 15.6 Å². The first kappa shape index (κ1) is 18.5. The summed E-state index contributed by atoms with van der Waals surface area (Å²) in [6.07, 6.45) is 0. The van der Waals surface area contributed by atoms with Crippen LogP contribution in [0.15, 0.2) is 0 Å². The van der Waals surface area contributed by atoms with Crippen LogP contribution in [0.3, 0.4) is 0 Å². The molecule has 116 valence electrons. The molecule has 0 radical (unpaired) electrons. The van der Waals surface area contributed by atoms with Crippen molar-refractivity contribution in [1.29, 1.82) is 0 Å². The van der Waals surface area contributed by atoms with Gasteiger partial charge in [0.2, 0.25) is 0 Å². The van der Waals surface area contributed by atoms with Crippen molar-refractivity contribution >= 4 is 10.1 Å². The number of hydrogen-bond donors (Lipinski definition) is 0. The van der Waals surface area contributed by atoms with Crippen LogP contribution in [0.2, 0.25) is 0 Å². The van der Waals surface area contributed by atoms with Gasteiger partial charge in [0.05, 0.1) is 33.0 Å². The van der Waals surface area contributed by atoms with Gasteiger partial charge in [-0.3, -0.25) is 0 Å². The largest absolute Gasteiger partial charge is 0.525 e. The smallest absolute Gasteiger partial charge is 0.382 e. The SMILES string of the molecule is COCCOCCOCCOOS(=O)(=O)C(F)(F)F. The van der Waals surface area contributed by atoms with Crippen molar-refractivity contribution < 1.29 is 45.0 Å². The number of halogens is 3. The second kappa shape index (κ2) is 9.44. The molecule has 19 heavy (non-hydrogen) atoms. The maximum Gasteiger partial charge on any atom is 0.525 e. The van der Waals surface area contributed by atoms with Gasteiger partial charge in [0.1, 0.15) is 6.61 Å². The van der Waals surface area contributed by atoms with Gasteiger partial charge in [0.25, 0.3) is 0 Å². The molecular weight excluding hydrogens is 297 g/mol. The zero-order valence-electron chi connectivity index (χ0n) is 10.1. The van der Waals surface area contributed by atoms with E-state index >= 15 is 0 Å². The molecule has 0 fully saturated rings. The first-order valence-electron chi connectivity index (χ1n) is 5.08. The number of methoxy groups -OCH3 is 1. The summed E-state index contributed by atoms with van der Waals surface area (Å²) in [6.45, 7) is 0.675. The Labute approximate surface area is 108 Å². The second-order valence-electron chi connectivity index (χ2n) is 3.01. The zero-order valence-corrected chi connectivity index (χ0v) is 11.0. The Bertz CT molecular complexity index is 317. The number of rotatable bonds is 11. The fourth-order valence-corrected chi connectivity index (χ4v) is 0.965. The van der Waals surface area contributed by atoms with Gasteiger partial charge in [-0.1, -0.05) is 4.33 Å². The Kier molecular flexibility index (Phi) is 9.22. The van der Waals surface area contributed by atoms with E-state index in [0.29, 0.717) is 13.2 Å². The fourth-order valence-electron chi connectivity index (χ4n) is 0.693. The molecule has 0 rings (SSSR count). The third-order valence-corrected chi connectivity index (χ3v) is 2.38. The summed E-state index contributed by atoms with van der Waals surface area (Å²) in [5.74, 6) is 0. The minimum Gasteiger partial charge on any atom is -0.382 e. The Balaban J connectivity index is 3.42. The first-order valence-corrected chi connectivity index (χ1v) is 6.49. The lowest BCUT2D eigenvalue weighted by Crippen LogP contribution is -2.26. The molecule has 0 N–H and O–H groups in total. The monoisotopic (exact) mass is 312 g/mol. The van der Waals surface area contributed by atoms with E-state index in [9.17, 15) is 21.6 Å². The second-order valence-corrected chi connectivity index (χ2v) is 4.51. The molecule has 0 aliphatic heterocycles. The molecule has 0 aromatic carbocycles. The van der Waals surface area contributed by atoms with Crippen LogP contribution in [-0.2, 0) is 33.6 Å². The van der Waals surface area contributed by atoms with E-state index in [-0.39, 0.29) is 19.8 Å². The summed E-state index contributed by atoms with van der Waals surface area (Å²) in [5.41, 5.74) is -5.51. The summed E-state index contributed by atoms with van der Waals surface area (Å²) in [7, 11) is -4.20. The minimum absolute atomic E-state index is 0.138. The van der Waals surface area contributed by atoms with Crippen molar-refractivity contribution in [2.45, 2.75) is 5.51 Å². The van der Waals surface area contributed by atoms with Crippen molar-refractivity contribution in [3.63, 3.8) is 0 Å². The Morgan fingerprint density at radius 3 is 1.84 bits per heavy atom. The molecule has 0 saturated carbocycles. The molecule has 7 nitrogen and oxygen atoms in total. The van der Waals surface area contributed by atoms with E-state index in [1.165, 1.54) is 7.11 Å². The van der Waals surface area contributed by atoms with Crippen LogP contribution in [0.5, 0.6) is 0 Å². The number of ether oxygens (including phenoxy) is 3. The highest BCUT2D eigenvalue weighted by atomic mass is 32.2. The van der Waals surface area contributed by atoms with Gasteiger partial charge in [-0.2, -0.15) is 21.6 Å². The van der Waals surface area contributed by atoms with Crippen LogP contribution in [-0.4, -0.2) is 60.7 Å². The van der Waals surface area contributed by atoms with E-state index in [0.717, 1.165) is 0 Å². The van der Waals surface area contributed by atoms with Gasteiger partial charge in [-0.15, -0.1) is 0 Å². The average molecular weight is 312 g/mol. The molecule has 0 atom stereocenters. The van der Waals surface area contributed by atoms with Crippen molar-refractivity contribution in [2.24, 2.45) is 0 Å². The van der Waals surface area contributed by atoms with Crippen molar-refractivity contribution in [1.82, 2.24) is 0 Å². The lowest BCUT2D eigenvalue weighted by atomic mass is 10.7. The van der Waals surface area contributed by atoms with Crippen LogP contribution >= 0.6 is 0 Å². The van der Waals surface area contributed by atoms with Crippen molar-refractivity contribution in [2.75, 3.05) is 46.8 Å². The molecule has 0 saturated heterocycles. The molecule has 0 aromatic rings. The summed E-state index contributed by atoms with van der Waals surface area (Å²) in [4.78, 5) is 3.88. The molecule has 0 spiro atoms. The normalized spacial score (nSPS) is 12.8. The molecule has 0 unspecified atom stereocenters. The molecule has 11 heteroatoms. The molecule has 0 amide bonds. The molecular formula is C8H15F3O7S. The predicted octanol–water partition coefficient (Wildman–Crippen LogP) is 0.464. The highest BCUT2D eigenvalue weighted by Gasteiger charge is 2.48. The van der Waals surface area contributed by atoms with Crippen LogP contribution in [0.25, 0.3) is 0 Å². The minimum atomic E-state index is -5.72. The third kappa shape index (κ3) is 9.13. The van der Waals surface area contributed by atoms with Crippen molar-refractivity contribution in [3.05, 3.63) is 0 Å². The maximum atomic E-state index is 11.8. The summed E-state index contributed by atoms with van der Waals surface area (Å²) in [5, 5.41) is 0. The Morgan fingerprint density at radius 2 is 1.37 bits per heavy atom. The van der Waals surface area contributed by atoms with Gasteiger partial charge in [0, 0.05) is 7.11 Å². The van der Waals surface area contributed by atoms with Gasteiger partial charge < -0.3 is 14.2 Å². The number of hydrogen-bond acceptors (Lipinski definition) is 7.